The highest BCUT2D eigenvalue weighted by atomic mass is 16.6. The maximum atomic E-state index is 12.4. The Kier molecular flexibility index (Phi) is 5.81. The summed E-state index contributed by atoms with van der Waals surface area (Å²) in [6.07, 6.45) is 0.867. The summed E-state index contributed by atoms with van der Waals surface area (Å²) in [5.74, 6) is -1.27. The van der Waals surface area contributed by atoms with E-state index in [4.69, 9.17) is 4.74 Å². The number of nitro groups is 1. The first-order valence-corrected chi connectivity index (χ1v) is 9.39. The van der Waals surface area contributed by atoms with Crippen LogP contribution in [0.25, 0.3) is 0 Å². The summed E-state index contributed by atoms with van der Waals surface area (Å²) >= 11 is 0. The molecule has 0 bridgehead atoms. The largest absolute Gasteiger partial charge is 0.449 e. The first kappa shape index (κ1) is 20.3. The first-order valence-electron chi connectivity index (χ1n) is 9.39. The number of esters is 1. The number of aryl methyl sites for hydroxylation is 2. The van der Waals surface area contributed by atoms with Crippen molar-refractivity contribution in [2.75, 3.05) is 10.6 Å². The number of hydrogen-bond donors (Lipinski definition) is 2. The van der Waals surface area contributed by atoms with E-state index in [-0.39, 0.29) is 17.3 Å². The average molecular weight is 397 g/mol. The number of benzene rings is 2. The third-order valence-electron chi connectivity index (χ3n) is 4.75. The van der Waals surface area contributed by atoms with Gasteiger partial charge in [-0.1, -0.05) is 18.2 Å². The second-order valence-corrected chi connectivity index (χ2v) is 7.21. The number of nitro benzene ring substituents is 1. The molecule has 29 heavy (non-hydrogen) atoms. The van der Waals surface area contributed by atoms with Gasteiger partial charge in [0, 0.05) is 17.8 Å². The van der Waals surface area contributed by atoms with Gasteiger partial charge in [0.1, 0.15) is 5.69 Å². The van der Waals surface area contributed by atoms with Gasteiger partial charge in [-0.2, -0.15) is 0 Å². The van der Waals surface area contributed by atoms with Crippen LogP contribution in [0.5, 0.6) is 0 Å². The van der Waals surface area contributed by atoms with Crippen molar-refractivity contribution < 1.29 is 19.2 Å². The van der Waals surface area contributed by atoms with E-state index in [1.807, 2.05) is 32.0 Å². The van der Waals surface area contributed by atoms with Crippen LogP contribution >= 0.6 is 0 Å². The van der Waals surface area contributed by atoms with E-state index in [0.29, 0.717) is 11.4 Å². The van der Waals surface area contributed by atoms with E-state index >= 15 is 0 Å². The van der Waals surface area contributed by atoms with Crippen molar-refractivity contribution in [3.63, 3.8) is 0 Å². The fourth-order valence-corrected chi connectivity index (χ4v) is 2.90. The zero-order valence-electron chi connectivity index (χ0n) is 16.5. The quantitative estimate of drug-likeness (QED) is 0.415. The molecule has 1 aliphatic carbocycles. The van der Waals surface area contributed by atoms with E-state index in [9.17, 15) is 19.7 Å². The molecule has 3 rings (SSSR count). The van der Waals surface area contributed by atoms with Crippen molar-refractivity contribution in [2.24, 2.45) is 0 Å². The van der Waals surface area contributed by atoms with Crippen molar-refractivity contribution in [3.05, 3.63) is 63.2 Å². The molecule has 1 saturated carbocycles. The van der Waals surface area contributed by atoms with Crippen LogP contribution in [0.1, 0.15) is 41.3 Å². The molecule has 1 aliphatic rings. The molecule has 2 aromatic carbocycles. The molecule has 0 spiro atoms. The summed E-state index contributed by atoms with van der Waals surface area (Å²) in [5, 5.41) is 17.2. The molecule has 0 saturated heterocycles. The summed E-state index contributed by atoms with van der Waals surface area (Å²) in [6.45, 7) is 5.20. The third kappa shape index (κ3) is 4.90. The third-order valence-corrected chi connectivity index (χ3v) is 4.75. The molecule has 1 fully saturated rings. The van der Waals surface area contributed by atoms with E-state index in [0.717, 1.165) is 24.0 Å². The molecule has 152 valence electrons. The summed E-state index contributed by atoms with van der Waals surface area (Å²) in [6, 6.07) is 9.98. The van der Waals surface area contributed by atoms with Crippen molar-refractivity contribution in [1.29, 1.82) is 0 Å². The van der Waals surface area contributed by atoms with Crippen molar-refractivity contribution in [1.82, 2.24) is 0 Å². The summed E-state index contributed by atoms with van der Waals surface area (Å²) in [7, 11) is 0. The number of carbonyl (C=O) groups excluding carboxylic acids is 2. The minimum absolute atomic E-state index is 0.0183. The lowest BCUT2D eigenvalue weighted by Crippen LogP contribution is -2.30. The molecule has 8 heteroatoms. The van der Waals surface area contributed by atoms with Crippen LogP contribution in [0.3, 0.4) is 0 Å². The normalized spacial score (nSPS) is 14.0. The smallest absolute Gasteiger partial charge is 0.339 e. The predicted molar refractivity (Wildman–Crippen MR) is 109 cm³/mol. The molecule has 2 aromatic rings. The molecule has 0 aliphatic heterocycles. The van der Waals surface area contributed by atoms with E-state index < -0.39 is 22.9 Å². The molecular weight excluding hydrogens is 374 g/mol. The lowest BCUT2D eigenvalue weighted by atomic mass is 10.1. The fourth-order valence-electron chi connectivity index (χ4n) is 2.90. The van der Waals surface area contributed by atoms with Gasteiger partial charge >= 0.3 is 5.97 Å². The molecule has 0 radical (unpaired) electrons. The van der Waals surface area contributed by atoms with Crippen LogP contribution in [-0.4, -0.2) is 28.9 Å². The number of nitrogens with zero attached hydrogens (tertiary/aromatic N) is 1. The first-order chi connectivity index (χ1) is 13.8. The van der Waals surface area contributed by atoms with Gasteiger partial charge in [-0.3, -0.25) is 14.9 Å². The SMILES string of the molecule is Cc1cccc(C)c1NC(=O)[C@@H](C)OC(=O)c1ccc(NC2CC2)c([N+](=O)[O-])c1. The lowest BCUT2D eigenvalue weighted by molar-refractivity contribution is -0.384. The number of rotatable bonds is 7. The molecular formula is C21H23N3O5. The average Bonchev–Trinajstić information content (AvgIpc) is 3.48. The topological polar surface area (TPSA) is 111 Å². The van der Waals surface area contributed by atoms with Gasteiger partial charge in [-0.05, 0) is 56.9 Å². The number of anilines is 2. The Balaban J connectivity index is 1.69. The Morgan fingerprint density at radius 2 is 1.83 bits per heavy atom. The maximum Gasteiger partial charge on any atom is 0.339 e. The highest BCUT2D eigenvalue weighted by Crippen LogP contribution is 2.31. The van der Waals surface area contributed by atoms with E-state index in [2.05, 4.69) is 10.6 Å². The van der Waals surface area contributed by atoms with Crippen LogP contribution in [-0.2, 0) is 9.53 Å². The Labute approximate surface area is 168 Å². The number of hydrogen-bond acceptors (Lipinski definition) is 6. The van der Waals surface area contributed by atoms with Crippen LogP contribution in [0.2, 0.25) is 0 Å². The van der Waals surface area contributed by atoms with Gasteiger partial charge in [-0.25, -0.2) is 4.79 Å². The molecule has 2 N–H and O–H groups in total. The van der Waals surface area contributed by atoms with Crippen LogP contribution in [0, 0.1) is 24.0 Å². The number of para-hydroxylation sites is 1. The standard InChI is InChI=1S/C21H23N3O5/c1-12-5-4-6-13(2)19(12)23-20(25)14(3)29-21(26)15-7-10-17(22-16-8-9-16)18(11-15)24(27)28/h4-7,10-11,14,16,22H,8-9H2,1-3H3,(H,23,25)/t14-/m1/s1. The van der Waals surface area contributed by atoms with Crippen LogP contribution in [0.15, 0.2) is 36.4 Å². The highest BCUT2D eigenvalue weighted by Gasteiger charge is 2.27. The molecule has 0 heterocycles. The second kappa shape index (κ2) is 8.30. The molecule has 8 nitrogen and oxygen atoms in total. The summed E-state index contributed by atoms with van der Waals surface area (Å²) in [4.78, 5) is 35.7. The molecule has 1 atom stereocenters. The minimum atomic E-state index is -1.06. The van der Waals surface area contributed by atoms with Crippen molar-refractivity contribution >= 4 is 28.9 Å². The monoisotopic (exact) mass is 397 g/mol. The second-order valence-electron chi connectivity index (χ2n) is 7.21. The molecule has 1 amide bonds. The summed E-state index contributed by atoms with van der Waals surface area (Å²) in [5.41, 5.74) is 2.66. The van der Waals surface area contributed by atoms with Crippen LogP contribution in [0.4, 0.5) is 17.1 Å². The maximum absolute atomic E-state index is 12.4. The number of carbonyl (C=O) groups is 2. The Hall–Kier alpha value is -3.42. The minimum Gasteiger partial charge on any atom is -0.449 e. The van der Waals surface area contributed by atoms with Crippen molar-refractivity contribution in [2.45, 2.75) is 45.8 Å². The van der Waals surface area contributed by atoms with E-state index in [1.54, 1.807) is 0 Å². The Bertz CT molecular complexity index is 949. The number of ether oxygens (including phenoxy) is 1. The highest BCUT2D eigenvalue weighted by molar-refractivity contribution is 5.98. The lowest BCUT2D eigenvalue weighted by Gasteiger charge is -2.16. The zero-order chi connectivity index (χ0) is 21.1. The number of amides is 1. The Morgan fingerprint density at radius 1 is 1.17 bits per heavy atom. The van der Waals surface area contributed by atoms with Gasteiger partial charge in [0.25, 0.3) is 11.6 Å². The number of nitrogens with one attached hydrogen (secondary N) is 2. The Morgan fingerprint density at radius 3 is 2.41 bits per heavy atom. The van der Waals surface area contributed by atoms with Crippen molar-refractivity contribution in [3.8, 4) is 0 Å². The van der Waals surface area contributed by atoms with E-state index in [1.165, 1.54) is 25.1 Å². The van der Waals surface area contributed by atoms with Gasteiger partial charge in [-0.15, -0.1) is 0 Å². The van der Waals surface area contributed by atoms with Gasteiger partial charge in [0.15, 0.2) is 6.10 Å². The van der Waals surface area contributed by atoms with Gasteiger partial charge in [0.2, 0.25) is 0 Å². The fraction of sp³-hybridized carbons (Fsp3) is 0.333. The predicted octanol–water partition coefficient (Wildman–Crippen LogP) is 3.97. The van der Waals surface area contributed by atoms with Gasteiger partial charge in [0.05, 0.1) is 10.5 Å². The molecule has 0 aromatic heterocycles. The van der Waals surface area contributed by atoms with Gasteiger partial charge < -0.3 is 15.4 Å². The molecule has 0 unspecified atom stereocenters. The summed E-state index contributed by atoms with van der Waals surface area (Å²) < 4.78 is 5.22. The van der Waals surface area contributed by atoms with Crippen LogP contribution < -0.4 is 10.6 Å². The zero-order valence-corrected chi connectivity index (χ0v) is 16.5.